The van der Waals surface area contributed by atoms with Crippen molar-refractivity contribution in [1.82, 2.24) is 4.90 Å². The van der Waals surface area contributed by atoms with Gasteiger partial charge in [0.2, 0.25) is 5.91 Å². The van der Waals surface area contributed by atoms with Gasteiger partial charge in [0.05, 0.1) is 5.25 Å². The molecule has 1 aliphatic heterocycles. The lowest BCUT2D eigenvalue weighted by Gasteiger charge is -2.15. The van der Waals surface area contributed by atoms with Crippen molar-refractivity contribution in [3.05, 3.63) is 101 Å². The van der Waals surface area contributed by atoms with Crippen LogP contribution in [-0.2, 0) is 24.2 Å². The fourth-order valence-corrected chi connectivity index (χ4v) is 5.21. The number of rotatable bonds is 8. The van der Waals surface area contributed by atoms with Crippen molar-refractivity contribution in [2.75, 3.05) is 6.54 Å². The van der Waals surface area contributed by atoms with Crippen LogP contribution < -0.4 is 4.74 Å². The first-order valence-electron chi connectivity index (χ1n) is 10.4. The number of hydrogen-bond acceptors (Lipinski definition) is 4. The van der Waals surface area contributed by atoms with Crippen LogP contribution in [0.1, 0.15) is 22.3 Å². The molecule has 158 valence electrons. The second kappa shape index (κ2) is 10.1. The van der Waals surface area contributed by atoms with Crippen LogP contribution >= 0.6 is 24.0 Å². The molecule has 1 amide bonds. The molecule has 3 nitrogen and oxygen atoms in total. The molecule has 1 aliphatic rings. The molecule has 1 atom stereocenters. The Bertz CT molecular complexity index is 1050. The zero-order valence-corrected chi connectivity index (χ0v) is 19.1. The van der Waals surface area contributed by atoms with Crippen LogP contribution in [-0.4, -0.2) is 26.9 Å². The third-order valence-electron chi connectivity index (χ3n) is 5.30. The van der Waals surface area contributed by atoms with E-state index in [4.69, 9.17) is 17.0 Å². The molecule has 1 fully saturated rings. The van der Waals surface area contributed by atoms with Crippen molar-refractivity contribution >= 4 is 34.2 Å². The minimum Gasteiger partial charge on any atom is -0.489 e. The standard InChI is InChI=1S/C26H25NO2S2/c1-19-6-5-9-22(16-19)18-29-23-12-10-21(11-13-23)17-24-25(28)27(26(30)31-24)15-14-20-7-3-2-4-8-20/h2-13,16,24H,14-15,17-18H2,1H3/t24-/m1/s1. The molecule has 0 aromatic heterocycles. The summed E-state index contributed by atoms with van der Waals surface area (Å²) in [7, 11) is 0. The van der Waals surface area contributed by atoms with Crippen molar-refractivity contribution in [3.8, 4) is 5.75 Å². The van der Waals surface area contributed by atoms with E-state index < -0.39 is 0 Å². The van der Waals surface area contributed by atoms with Crippen molar-refractivity contribution in [2.45, 2.75) is 31.6 Å². The predicted molar refractivity (Wildman–Crippen MR) is 131 cm³/mol. The van der Waals surface area contributed by atoms with Gasteiger partial charge >= 0.3 is 0 Å². The second-order valence-electron chi connectivity index (χ2n) is 7.72. The van der Waals surface area contributed by atoms with Crippen LogP contribution in [0.5, 0.6) is 5.75 Å². The Morgan fingerprint density at radius 2 is 1.68 bits per heavy atom. The maximum atomic E-state index is 12.9. The highest BCUT2D eigenvalue weighted by Crippen LogP contribution is 2.30. The highest BCUT2D eigenvalue weighted by atomic mass is 32.2. The molecule has 31 heavy (non-hydrogen) atoms. The molecule has 0 bridgehead atoms. The summed E-state index contributed by atoms with van der Waals surface area (Å²) >= 11 is 6.99. The van der Waals surface area contributed by atoms with E-state index in [0.717, 1.165) is 23.3 Å². The molecule has 3 aromatic carbocycles. The van der Waals surface area contributed by atoms with E-state index >= 15 is 0 Å². The number of nitrogens with zero attached hydrogens (tertiary/aromatic N) is 1. The molecule has 0 N–H and O–H groups in total. The quantitative estimate of drug-likeness (QED) is 0.421. The van der Waals surface area contributed by atoms with Crippen LogP contribution in [0.2, 0.25) is 0 Å². The second-order valence-corrected chi connectivity index (χ2v) is 9.56. The number of amides is 1. The van der Waals surface area contributed by atoms with E-state index in [2.05, 4.69) is 37.3 Å². The molecule has 1 heterocycles. The topological polar surface area (TPSA) is 29.5 Å². The molecule has 0 radical (unpaired) electrons. The molecule has 1 saturated heterocycles. The molecule has 0 unspecified atom stereocenters. The number of carbonyl (C=O) groups is 1. The lowest BCUT2D eigenvalue weighted by Crippen LogP contribution is -2.33. The Labute approximate surface area is 193 Å². The van der Waals surface area contributed by atoms with Gasteiger partial charge in [0.15, 0.2) is 0 Å². The van der Waals surface area contributed by atoms with Gasteiger partial charge in [-0.3, -0.25) is 9.69 Å². The van der Waals surface area contributed by atoms with E-state index in [1.165, 1.54) is 22.9 Å². The number of hydrogen-bond donors (Lipinski definition) is 0. The number of thioether (sulfide) groups is 1. The van der Waals surface area contributed by atoms with E-state index in [0.29, 0.717) is 23.9 Å². The zero-order chi connectivity index (χ0) is 21.6. The first-order valence-corrected chi connectivity index (χ1v) is 11.7. The Hall–Kier alpha value is -2.63. The van der Waals surface area contributed by atoms with Gasteiger partial charge in [-0.05, 0) is 48.6 Å². The summed E-state index contributed by atoms with van der Waals surface area (Å²) in [6.07, 6.45) is 1.48. The lowest BCUT2D eigenvalue weighted by molar-refractivity contribution is -0.126. The summed E-state index contributed by atoms with van der Waals surface area (Å²) < 4.78 is 6.58. The van der Waals surface area contributed by atoms with Crippen molar-refractivity contribution in [2.24, 2.45) is 0 Å². The maximum Gasteiger partial charge on any atom is 0.241 e. The van der Waals surface area contributed by atoms with Crippen molar-refractivity contribution in [1.29, 1.82) is 0 Å². The first-order chi connectivity index (χ1) is 15.1. The van der Waals surface area contributed by atoms with Gasteiger partial charge < -0.3 is 4.74 Å². The molecule has 3 aromatic rings. The van der Waals surface area contributed by atoms with E-state index in [1.807, 2.05) is 48.5 Å². The maximum absolute atomic E-state index is 12.9. The minimum absolute atomic E-state index is 0.116. The Kier molecular flexibility index (Phi) is 7.05. The largest absolute Gasteiger partial charge is 0.489 e. The predicted octanol–water partition coefficient (Wildman–Crippen LogP) is 5.59. The number of carbonyl (C=O) groups excluding carboxylic acids is 1. The smallest absolute Gasteiger partial charge is 0.241 e. The lowest BCUT2D eigenvalue weighted by atomic mass is 10.1. The molecule has 0 spiro atoms. The number of thiocarbonyl (C=S) groups is 1. The third kappa shape index (κ3) is 5.75. The number of benzene rings is 3. The highest BCUT2D eigenvalue weighted by molar-refractivity contribution is 8.24. The molecule has 0 aliphatic carbocycles. The van der Waals surface area contributed by atoms with Gasteiger partial charge in [0.25, 0.3) is 0 Å². The average molecular weight is 448 g/mol. The van der Waals surface area contributed by atoms with Crippen LogP contribution in [0, 0.1) is 6.92 Å². The van der Waals surface area contributed by atoms with Crippen LogP contribution in [0.3, 0.4) is 0 Å². The SMILES string of the molecule is Cc1cccc(COc2ccc(C[C@H]3SC(=S)N(CCc4ccccc4)C3=O)cc2)c1. The van der Waals surface area contributed by atoms with Crippen molar-refractivity contribution < 1.29 is 9.53 Å². The highest BCUT2D eigenvalue weighted by Gasteiger charge is 2.36. The summed E-state index contributed by atoms with van der Waals surface area (Å²) in [4.78, 5) is 14.6. The fourth-order valence-electron chi connectivity index (χ4n) is 3.62. The third-order valence-corrected chi connectivity index (χ3v) is 6.89. The molecule has 4 rings (SSSR count). The summed E-state index contributed by atoms with van der Waals surface area (Å²) in [6, 6.07) is 26.5. The van der Waals surface area contributed by atoms with E-state index in [1.54, 1.807) is 4.90 Å². The van der Waals surface area contributed by atoms with E-state index in [9.17, 15) is 4.79 Å². The van der Waals surface area contributed by atoms with Gasteiger partial charge in [-0.15, -0.1) is 0 Å². The summed E-state index contributed by atoms with van der Waals surface area (Å²) in [5, 5.41) is -0.151. The van der Waals surface area contributed by atoms with E-state index in [-0.39, 0.29) is 11.2 Å². The fraction of sp³-hybridized carbons (Fsp3) is 0.231. The van der Waals surface area contributed by atoms with Gasteiger partial charge in [-0.1, -0.05) is 96.3 Å². The Morgan fingerprint density at radius 1 is 0.935 bits per heavy atom. The van der Waals surface area contributed by atoms with Crippen LogP contribution in [0.15, 0.2) is 78.9 Å². The van der Waals surface area contributed by atoms with Crippen molar-refractivity contribution in [3.63, 3.8) is 0 Å². The van der Waals surface area contributed by atoms with Gasteiger partial charge in [0.1, 0.15) is 16.7 Å². The van der Waals surface area contributed by atoms with Gasteiger partial charge in [-0.2, -0.15) is 0 Å². The Balaban J connectivity index is 1.30. The molecular weight excluding hydrogens is 422 g/mol. The Morgan fingerprint density at radius 3 is 2.42 bits per heavy atom. The minimum atomic E-state index is -0.151. The summed E-state index contributed by atoms with van der Waals surface area (Å²) in [5.74, 6) is 0.946. The molecule has 0 saturated carbocycles. The molecular formula is C26H25NO2S2. The molecule has 5 heteroatoms. The average Bonchev–Trinajstić information content (AvgIpc) is 3.05. The normalized spacial score (nSPS) is 16.0. The van der Waals surface area contributed by atoms with Gasteiger partial charge in [-0.25, -0.2) is 0 Å². The zero-order valence-electron chi connectivity index (χ0n) is 17.5. The summed E-state index contributed by atoms with van der Waals surface area (Å²) in [6.45, 7) is 3.26. The van der Waals surface area contributed by atoms with Crippen LogP contribution in [0.25, 0.3) is 0 Å². The summed E-state index contributed by atoms with van der Waals surface area (Å²) in [5.41, 5.74) is 4.71. The number of ether oxygens (including phenoxy) is 1. The first kappa shape index (κ1) is 21.6. The monoisotopic (exact) mass is 447 g/mol. The van der Waals surface area contributed by atoms with Crippen LogP contribution in [0.4, 0.5) is 0 Å². The number of aryl methyl sites for hydroxylation is 1. The van der Waals surface area contributed by atoms with Gasteiger partial charge in [0, 0.05) is 6.54 Å².